The molecule has 1 unspecified atom stereocenters. The fourth-order valence-corrected chi connectivity index (χ4v) is 2.63. The number of carbonyl (C=O) groups is 1. The maximum absolute atomic E-state index is 12.1. The summed E-state index contributed by atoms with van der Waals surface area (Å²) in [6, 6.07) is 5.96. The number of nitrogens with zero attached hydrogens (tertiary/aromatic N) is 1. The molecule has 1 heterocycles. The summed E-state index contributed by atoms with van der Waals surface area (Å²) in [5.74, 6) is 0.832. The molecule has 1 aliphatic heterocycles. The molecule has 1 aliphatic rings. The largest absolute Gasteiger partial charge is 0.482 e. The van der Waals surface area contributed by atoms with Crippen molar-refractivity contribution in [2.45, 2.75) is 52.0 Å². The number of anilines is 1. The van der Waals surface area contributed by atoms with Gasteiger partial charge in [0.15, 0.2) is 6.61 Å². The molecule has 0 bridgehead atoms. The van der Waals surface area contributed by atoms with Gasteiger partial charge in [-0.25, -0.2) is 0 Å². The molecule has 0 aliphatic carbocycles. The molecule has 1 amide bonds. The first kappa shape index (κ1) is 15.8. The van der Waals surface area contributed by atoms with Crippen LogP contribution in [-0.4, -0.2) is 19.1 Å². The SMILES string of the molecule is CCCCCCN1C(=O)COc2ccc(C(N)CC)cc21. The van der Waals surface area contributed by atoms with Crippen LogP contribution in [0.1, 0.15) is 57.6 Å². The number of unbranched alkanes of at least 4 members (excludes halogenated alkanes) is 3. The summed E-state index contributed by atoms with van der Waals surface area (Å²) in [6.45, 7) is 5.15. The van der Waals surface area contributed by atoms with E-state index < -0.39 is 0 Å². The minimum absolute atomic E-state index is 0.00858. The van der Waals surface area contributed by atoms with Gasteiger partial charge in [-0.1, -0.05) is 39.2 Å². The molecular weight excluding hydrogens is 264 g/mol. The number of amides is 1. The standard InChI is InChI=1S/C17H26N2O2/c1-3-5-6-7-10-19-15-11-13(14(18)4-2)8-9-16(15)21-12-17(19)20/h8-9,11,14H,3-7,10,12,18H2,1-2H3. The van der Waals surface area contributed by atoms with Crippen LogP contribution in [0.25, 0.3) is 0 Å². The topological polar surface area (TPSA) is 55.6 Å². The van der Waals surface area contributed by atoms with E-state index in [0.717, 1.165) is 42.8 Å². The Hall–Kier alpha value is -1.55. The van der Waals surface area contributed by atoms with Gasteiger partial charge in [-0.2, -0.15) is 0 Å². The lowest BCUT2D eigenvalue weighted by molar-refractivity contribution is -0.121. The molecule has 4 nitrogen and oxygen atoms in total. The van der Waals surface area contributed by atoms with Crippen molar-refractivity contribution in [3.63, 3.8) is 0 Å². The minimum Gasteiger partial charge on any atom is -0.482 e. The predicted molar refractivity (Wildman–Crippen MR) is 85.7 cm³/mol. The first-order valence-corrected chi connectivity index (χ1v) is 8.00. The Kier molecular flexibility index (Phi) is 5.62. The third-order valence-corrected chi connectivity index (χ3v) is 4.03. The van der Waals surface area contributed by atoms with Gasteiger partial charge in [-0.15, -0.1) is 0 Å². The van der Waals surface area contributed by atoms with E-state index in [-0.39, 0.29) is 18.6 Å². The highest BCUT2D eigenvalue weighted by Crippen LogP contribution is 2.34. The van der Waals surface area contributed by atoms with E-state index in [1.54, 1.807) is 0 Å². The number of rotatable bonds is 7. The Balaban J connectivity index is 2.17. The van der Waals surface area contributed by atoms with Crippen LogP contribution in [0.5, 0.6) is 5.75 Å². The summed E-state index contributed by atoms with van der Waals surface area (Å²) in [6.07, 6.45) is 5.48. The van der Waals surface area contributed by atoms with Crippen LogP contribution in [0, 0.1) is 0 Å². The first-order valence-electron chi connectivity index (χ1n) is 8.00. The lowest BCUT2D eigenvalue weighted by atomic mass is 10.0. The van der Waals surface area contributed by atoms with Gasteiger partial charge in [-0.05, 0) is 30.5 Å². The van der Waals surface area contributed by atoms with Crippen molar-refractivity contribution >= 4 is 11.6 Å². The number of nitrogens with two attached hydrogens (primary N) is 1. The van der Waals surface area contributed by atoms with Gasteiger partial charge < -0.3 is 15.4 Å². The Morgan fingerprint density at radius 2 is 2.10 bits per heavy atom. The Labute approximate surface area is 127 Å². The van der Waals surface area contributed by atoms with Gasteiger partial charge in [0, 0.05) is 12.6 Å². The zero-order valence-corrected chi connectivity index (χ0v) is 13.1. The van der Waals surface area contributed by atoms with E-state index in [2.05, 4.69) is 13.8 Å². The molecule has 2 N–H and O–H groups in total. The molecule has 116 valence electrons. The quantitative estimate of drug-likeness (QED) is 0.783. The average molecular weight is 290 g/mol. The fourth-order valence-electron chi connectivity index (χ4n) is 2.63. The lowest BCUT2D eigenvalue weighted by Gasteiger charge is -2.30. The number of benzene rings is 1. The van der Waals surface area contributed by atoms with Crippen LogP contribution < -0.4 is 15.4 Å². The zero-order valence-electron chi connectivity index (χ0n) is 13.1. The molecular formula is C17H26N2O2. The van der Waals surface area contributed by atoms with Gasteiger partial charge in [-0.3, -0.25) is 4.79 Å². The first-order chi connectivity index (χ1) is 10.2. The summed E-state index contributed by atoms with van der Waals surface area (Å²) in [7, 11) is 0. The van der Waals surface area contributed by atoms with Crippen molar-refractivity contribution in [2.75, 3.05) is 18.1 Å². The Morgan fingerprint density at radius 1 is 1.29 bits per heavy atom. The summed E-state index contributed by atoms with van der Waals surface area (Å²) in [5, 5.41) is 0. The number of hydrogen-bond acceptors (Lipinski definition) is 3. The van der Waals surface area contributed by atoms with Crippen LogP contribution in [0.15, 0.2) is 18.2 Å². The van der Waals surface area contributed by atoms with Gasteiger partial charge in [0.2, 0.25) is 0 Å². The van der Waals surface area contributed by atoms with E-state index in [4.69, 9.17) is 10.5 Å². The van der Waals surface area contributed by atoms with Crippen molar-refractivity contribution < 1.29 is 9.53 Å². The highest BCUT2D eigenvalue weighted by Gasteiger charge is 2.25. The number of carbonyl (C=O) groups excluding carboxylic acids is 1. The minimum atomic E-state index is 0.00858. The molecule has 0 saturated carbocycles. The number of fused-ring (bicyclic) bond motifs is 1. The van der Waals surface area contributed by atoms with Gasteiger partial charge >= 0.3 is 0 Å². The summed E-state index contributed by atoms with van der Waals surface area (Å²) in [5.41, 5.74) is 8.04. The Bertz CT molecular complexity index is 488. The molecule has 1 aromatic rings. The van der Waals surface area contributed by atoms with E-state index in [1.165, 1.54) is 12.8 Å². The molecule has 0 saturated heterocycles. The van der Waals surface area contributed by atoms with Crippen molar-refractivity contribution in [3.8, 4) is 5.75 Å². The second kappa shape index (κ2) is 7.46. The number of ether oxygens (including phenoxy) is 1. The van der Waals surface area contributed by atoms with Crippen LogP contribution in [0.3, 0.4) is 0 Å². The Morgan fingerprint density at radius 3 is 2.81 bits per heavy atom. The maximum atomic E-state index is 12.1. The number of hydrogen-bond donors (Lipinski definition) is 1. The van der Waals surface area contributed by atoms with Crippen LogP contribution in [0.2, 0.25) is 0 Å². The highest BCUT2D eigenvalue weighted by atomic mass is 16.5. The monoisotopic (exact) mass is 290 g/mol. The van der Waals surface area contributed by atoms with Gasteiger partial charge in [0.1, 0.15) is 5.75 Å². The zero-order chi connectivity index (χ0) is 15.2. The molecule has 0 aromatic heterocycles. The molecule has 0 fully saturated rings. The maximum Gasteiger partial charge on any atom is 0.265 e. The summed E-state index contributed by atoms with van der Waals surface area (Å²) in [4.78, 5) is 14.0. The summed E-state index contributed by atoms with van der Waals surface area (Å²) < 4.78 is 5.53. The van der Waals surface area contributed by atoms with Crippen molar-refractivity contribution in [3.05, 3.63) is 23.8 Å². The third kappa shape index (κ3) is 3.76. The van der Waals surface area contributed by atoms with Crippen LogP contribution in [0.4, 0.5) is 5.69 Å². The second-order valence-electron chi connectivity index (χ2n) is 5.64. The predicted octanol–water partition coefficient (Wildman–Crippen LogP) is 3.40. The van der Waals surface area contributed by atoms with Crippen molar-refractivity contribution in [2.24, 2.45) is 5.73 Å². The van der Waals surface area contributed by atoms with Crippen LogP contribution in [-0.2, 0) is 4.79 Å². The smallest absolute Gasteiger partial charge is 0.265 e. The molecule has 0 spiro atoms. The molecule has 0 radical (unpaired) electrons. The summed E-state index contributed by atoms with van der Waals surface area (Å²) >= 11 is 0. The normalized spacial score (nSPS) is 15.6. The molecule has 21 heavy (non-hydrogen) atoms. The van der Waals surface area contributed by atoms with Crippen LogP contribution >= 0.6 is 0 Å². The van der Waals surface area contributed by atoms with E-state index in [0.29, 0.717) is 0 Å². The molecule has 4 heteroatoms. The van der Waals surface area contributed by atoms with Gasteiger partial charge in [0.25, 0.3) is 5.91 Å². The third-order valence-electron chi connectivity index (χ3n) is 4.03. The van der Waals surface area contributed by atoms with Crippen molar-refractivity contribution in [1.82, 2.24) is 0 Å². The van der Waals surface area contributed by atoms with Gasteiger partial charge in [0.05, 0.1) is 5.69 Å². The van der Waals surface area contributed by atoms with E-state index in [9.17, 15) is 4.79 Å². The molecule has 1 aromatic carbocycles. The fraction of sp³-hybridized carbons (Fsp3) is 0.588. The van der Waals surface area contributed by atoms with E-state index >= 15 is 0 Å². The molecule has 1 atom stereocenters. The second-order valence-corrected chi connectivity index (χ2v) is 5.64. The lowest BCUT2D eigenvalue weighted by Crippen LogP contribution is -2.39. The highest BCUT2D eigenvalue weighted by molar-refractivity contribution is 5.97. The van der Waals surface area contributed by atoms with E-state index in [1.807, 2.05) is 23.1 Å². The van der Waals surface area contributed by atoms with Crippen molar-refractivity contribution in [1.29, 1.82) is 0 Å². The molecule has 2 rings (SSSR count). The average Bonchev–Trinajstić information content (AvgIpc) is 2.52.